The molecular formula is C32H42N4O8. The maximum atomic E-state index is 12.5. The van der Waals surface area contributed by atoms with Gasteiger partial charge in [-0.25, -0.2) is 4.79 Å². The van der Waals surface area contributed by atoms with Gasteiger partial charge in [0.1, 0.15) is 36.7 Å². The summed E-state index contributed by atoms with van der Waals surface area (Å²) in [6, 6.07) is 9.14. The van der Waals surface area contributed by atoms with Crippen molar-refractivity contribution in [3.8, 4) is 0 Å². The Kier molecular flexibility index (Phi) is 11.7. The molecule has 4 N–H and O–H groups in total. The summed E-state index contributed by atoms with van der Waals surface area (Å²) in [5, 5.41) is 11.4. The van der Waals surface area contributed by atoms with Crippen LogP contribution in [0.4, 0.5) is 16.2 Å². The molecule has 44 heavy (non-hydrogen) atoms. The number of carbonyl (C=O) groups excluding carboxylic acids is 2. The molecule has 3 rings (SSSR count). The fourth-order valence-corrected chi connectivity index (χ4v) is 4.27. The van der Waals surface area contributed by atoms with E-state index in [2.05, 4.69) is 5.32 Å². The van der Waals surface area contributed by atoms with Crippen LogP contribution in [0, 0.1) is 41.5 Å². The first kappa shape index (κ1) is 35.3. The van der Waals surface area contributed by atoms with E-state index in [0.29, 0.717) is 11.3 Å². The van der Waals surface area contributed by atoms with E-state index in [1.807, 2.05) is 37.3 Å². The summed E-state index contributed by atoms with van der Waals surface area (Å²) in [5.74, 6) is -1.58. The predicted molar refractivity (Wildman–Crippen MR) is 168 cm³/mol. The summed E-state index contributed by atoms with van der Waals surface area (Å²) in [7, 11) is 0. The Morgan fingerprint density at radius 2 is 1.34 bits per heavy atom. The smallest absolute Gasteiger partial charge is 0.412 e. The average molecular weight is 611 g/mol. The Bertz CT molecular complexity index is 1670. The molecule has 2 heterocycles. The van der Waals surface area contributed by atoms with Gasteiger partial charge in [-0.15, -0.1) is 0 Å². The molecule has 0 radical (unpaired) electrons. The molecule has 0 bridgehead atoms. The maximum absolute atomic E-state index is 12.5. The van der Waals surface area contributed by atoms with Gasteiger partial charge in [0.05, 0.1) is 0 Å². The first-order valence-electron chi connectivity index (χ1n) is 13.9. The van der Waals surface area contributed by atoms with Gasteiger partial charge in [-0.2, -0.15) is 0 Å². The Labute approximate surface area is 256 Å². The van der Waals surface area contributed by atoms with Crippen molar-refractivity contribution in [2.75, 3.05) is 11.1 Å². The van der Waals surface area contributed by atoms with Crippen LogP contribution in [0.25, 0.3) is 0 Å². The molecule has 1 amide bonds. The lowest BCUT2D eigenvalue weighted by Crippen LogP contribution is -2.33. The number of nitrogens with zero attached hydrogens (tertiary/aromatic N) is 2. The van der Waals surface area contributed by atoms with E-state index in [-0.39, 0.29) is 30.1 Å². The third-order valence-corrected chi connectivity index (χ3v) is 7.17. The van der Waals surface area contributed by atoms with Crippen molar-refractivity contribution >= 4 is 29.4 Å². The van der Waals surface area contributed by atoms with Crippen molar-refractivity contribution in [1.82, 2.24) is 9.13 Å². The summed E-state index contributed by atoms with van der Waals surface area (Å²) in [6.45, 7) is 15.5. The van der Waals surface area contributed by atoms with Crippen LogP contribution in [0.1, 0.15) is 60.0 Å². The lowest BCUT2D eigenvalue weighted by molar-refractivity contribution is -0.155. The number of pyridine rings is 2. The number of carboxylic acids is 1. The molecule has 0 saturated carbocycles. The van der Waals surface area contributed by atoms with Gasteiger partial charge in [-0.1, -0.05) is 30.3 Å². The third-order valence-electron chi connectivity index (χ3n) is 7.17. The molecule has 0 spiro atoms. The van der Waals surface area contributed by atoms with Gasteiger partial charge >= 0.3 is 18.0 Å². The van der Waals surface area contributed by atoms with E-state index in [9.17, 15) is 24.0 Å². The third kappa shape index (κ3) is 9.06. The molecule has 12 nitrogen and oxygen atoms in total. The van der Waals surface area contributed by atoms with Crippen LogP contribution in [0.5, 0.6) is 0 Å². The number of anilines is 2. The highest BCUT2D eigenvalue weighted by atomic mass is 16.6. The number of hydrogen-bond acceptors (Lipinski definition) is 8. The second-order valence-electron chi connectivity index (χ2n) is 11.4. The van der Waals surface area contributed by atoms with Crippen molar-refractivity contribution < 1.29 is 29.0 Å². The number of amides is 1. The molecule has 0 aliphatic heterocycles. The molecule has 238 valence electrons. The molecule has 0 saturated heterocycles. The van der Waals surface area contributed by atoms with Crippen molar-refractivity contribution in [3.63, 3.8) is 0 Å². The zero-order valence-corrected chi connectivity index (χ0v) is 26.8. The van der Waals surface area contributed by atoms with Crippen LogP contribution >= 0.6 is 0 Å². The van der Waals surface area contributed by atoms with Gasteiger partial charge < -0.3 is 20.3 Å². The van der Waals surface area contributed by atoms with Crippen LogP contribution < -0.4 is 22.2 Å². The number of carbonyl (C=O) groups is 3. The molecule has 3 aromatic rings. The summed E-state index contributed by atoms with van der Waals surface area (Å²) in [5.41, 5.74) is 9.61. The molecule has 12 heteroatoms. The van der Waals surface area contributed by atoms with Gasteiger partial charge in [0, 0.05) is 11.4 Å². The number of nitrogens with two attached hydrogens (primary N) is 1. The summed E-state index contributed by atoms with van der Waals surface area (Å²) >= 11 is 0. The molecule has 0 aliphatic rings. The van der Waals surface area contributed by atoms with Crippen LogP contribution in [0.15, 0.2) is 39.9 Å². The zero-order valence-electron chi connectivity index (χ0n) is 26.8. The summed E-state index contributed by atoms with van der Waals surface area (Å²) in [4.78, 5) is 59.5. The number of benzene rings is 1. The Hall–Kier alpha value is -4.87. The standard InChI is InChI=1S/C18H20N2O5.C14H22N2O3/c1-11-12(2)16(17(23)20(13(11)3)9-15(21)22)19-18(24)25-10-14-7-5-4-6-8-14;1-8-9(2)12(15)13(18)16(10(8)3)7-11(17)19-14(4,5)6/h4-8H,9-10H2,1-3H3,(H,19,24)(H,21,22);7,15H2,1-6H3. The second-order valence-corrected chi connectivity index (χ2v) is 11.4. The number of aliphatic carboxylic acids is 1. The lowest BCUT2D eigenvalue weighted by Gasteiger charge is -2.21. The SMILES string of the molecule is Cc1c(C)c(C)n(CC(=O)O)c(=O)c1NC(=O)OCc1ccccc1.Cc1c(C)c(C)n(CC(=O)OC(C)(C)C)c(=O)c1N. The lowest BCUT2D eigenvalue weighted by atomic mass is 10.1. The van der Waals surface area contributed by atoms with E-state index in [4.69, 9.17) is 20.3 Å². The first-order chi connectivity index (χ1) is 20.3. The van der Waals surface area contributed by atoms with Gasteiger partial charge in [-0.3, -0.25) is 33.6 Å². The fraction of sp³-hybridized carbons (Fsp3) is 0.406. The maximum Gasteiger partial charge on any atom is 0.412 e. The number of nitrogens with one attached hydrogen (secondary N) is 1. The number of aromatic nitrogens is 2. The Morgan fingerprint density at radius 1 is 0.818 bits per heavy atom. The van der Waals surface area contributed by atoms with Crippen LogP contribution in [-0.2, 0) is 38.8 Å². The van der Waals surface area contributed by atoms with Crippen molar-refractivity contribution in [2.24, 2.45) is 0 Å². The quantitative estimate of drug-likeness (QED) is 0.330. The predicted octanol–water partition coefficient (Wildman–Crippen LogP) is 4.30. The van der Waals surface area contributed by atoms with E-state index in [0.717, 1.165) is 32.5 Å². The number of rotatable bonds is 7. The summed E-state index contributed by atoms with van der Waals surface area (Å²) < 4.78 is 12.8. The number of esters is 1. The molecule has 1 aromatic carbocycles. The summed E-state index contributed by atoms with van der Waals surface area (Å²) in [6.07, 6.45) is -0.769. The van der Waals surface area contributed by atoms with E-state index >= 15 is 0 Å². The Balaban J connectivity index is 0.000000319. The minimum absolute atomic E-state index is 0.0300. The molecule has 0 unspecified atom stereocenters. The van der Waals surface area contributed by atoms with Crippen molar-refractivity contribution in [1.29, 1.82) is 0 Å². The number of ether oxygens (including phenoxy) is 2. The molecule has 2 aromatic heterocycles. The fourth-order valence-electron chi connectivity index (χ4n) is 4.27. The molecular weight excluding hydrogens is 568 g/mol. The number of hydrogen-bond donors (Lipinski definition) is 3. The van der Waals surface area contributed by atoms with Crippen molar-refractivity contribution in [2.45, 2.75) is 87.6 Å². The largest absolute Gasteiger partial charge is 0.480 e. The van der Waals surface area contributed by atoms with E-state index in [1.54, 1.807) is 55.4 Å². The van der Waals surface area contributed by atoms with Crippen LogP contribution in [0.2, 0.25) is 0 Å². The second kappa shape index (κ2) is 14.5. The molecule has 0 aliphatic carbocycles. The average Bonchev–Trinajstić information content (AvgIpc) is 2.95. The minimum atomic E-state index is -1.13. The minimum Gasteiger partial charge on any atom is -0.480 e. The highest BCUT2D eigenvalue weighted by Gasteiger charge is 2.20. The Morgan fingerprint density at radius 3 is 1.86 bits per heavy atom. The van der Waals surface area contributed by atoms with Crippen LogP contribution in [-0.4, -0.2) is 37.9 Å². The zero-order chi connectivity index (χ0) is 33.5. The van der Waals surface area contributed by atoms with Gasteiger partial charge in [0.2, 0.25) is 0 Å². The monoisotopic (exact) mass is 610 g/mol. The normalized spacial score (nSPS) is 10.8. The molecule has 0 fully saturated rings. The first-order valence-corrected chi connectivity index (χ1v) is 13.9. The van der Waals surface area contributed by atoms with E-state index < -0.39 is 35.7 Å². The topological polar surface area (TPSA) is 172 Å². The van der Waals surface area contributed by atoms with Crippen LogP contribution in [0.3, 0.4) is 0 Å². The highest BCUT2D eigenvalue weighted by molar-refractivity contribution is 5.85. The van der Waals surface area contributed by atoms with Gasteiger partial charge in [-0.05, 0) is 90.1 Å². The van der Waals surface area contributed by atoms with Gasteiger partial charge in [0.15, 0.2) is 0 Å². The highest BCUT2D eigenvalue weighted by Crippen LogP contribution is 2.19. The number of carboxylic acid groups (broad SMARTS) is 1. The number of nitrogen functional groups attached to an aromatic ring is 1. The van der Waals surface area contributed by atoms with Crippen molar-refractivity contribution in [3.05, 3.63) is 90.2 Å². The van der Waals surface area contributed by atoms with Gasteiger partial charge in [0.25, 0.3) is 11.1 Å². The van der Waals surface area contributed by atoms with E-state index in [1.165, 1.54) is 4.57 Å². The molecule has 0 atom stereocenters.